The molecule has 1 amide bonds. The fourth-order valence-electron chi connectivity index (χ4n) is 6.94. The van der Waals surface area contributed by atoms with Crippen molar-refractivity contribution in [3.8, 4) is 5.75 Å². The molecular formula is C30H35ClN2O6S. The number of ether oxygens (including phenoxy) is 1. The highest BCUT2D eigenvalue weighted by molar-refractivity contribution is 7.90. The molecule has 0 aromatic heterocycles. The molecular weight excluding hydrogens is 552 g/mol. The molecule has 10 heteroatoms. The number of fused-ring (bicyclic) bond motifs is 4. The van der Waals surface area contributed by atoms with Crippen molar-refractivity contribution < 1.29 is 28.2 Å². The van der Waals surface area contributed by atoms with Crippen molar-refractivity contribution in [1.29, 1.82) is 0 Å². The van der Waals surface area contributed by atoms with Crippen LogP contribution in [0.25, 0.3) is 0 Å². The highest BCUT2D eigenvalue weighted by Crippen LogP contribution is 2.46. The summed E-state index contributed by atoms with van der Waals surface area (Å²) in [4.78, 5) is 15.4. The first-order chi connectivity index (χ1) is 19.1. The summed E-state index contributed by atoms with van der Waals surface area (Å²) in [6, 6.07) is 11.1. The molecule has 0 unspecified atom stereocenters. The van der Waals surface area contributed by atoms with Gasteiger partial charge in [0.05, 0.1) is 30.3 Å². The van der Waals surface area contributed by atoms with E-state index in [0.29, 0.717) is 31.9 Å². The number of nitrogens with one attached hydrogen (secondary N) is 1. The number of hydrogen-bond donors (Lipinski definition) is 3. The summed E-state index contributed by atoms with van der Waals surface area (Å²) in [6.07, 6.45) is 6.26. The Bertz CT molecular complexity index is 1450. The van der Waals surface area contributed by atoms with Crippen molar-refractivity contribution in [2.24, 2.45) is 11.8 Å². The fraction of sp³-hybridized carbons (Fsp3) is 0.500. The minimum absolute atomic E-state index is 0.0888. The molecule has 2 aromatic rings. The summed E-state index contributed by atoms with van der Waals surface area (Å²) >= 11 is 6.36. The molecule has 2 heterocycles. The summed E-state index contributed by atoms with van der Waals surface area (Å²) in [5.74, 6) is -0.419. The first-order valence-corrected chi connectivity index (χ1v) is 16.0. The van der Waals surface area contributed by atoms with Crippen molar-refractivity contribution in [3.05, 3.63) is 70.3 Å². The van der Waals surface area contributed by atoms with E-state index in [0.717, 1.165) is 42.8 Å². The van der Waals surface area contributed by atoms with Crippen molar-refractivity contribution >= 4 is 33.2 Å². The maximum atomic E-state index is 13.1. The van der Waals surface area contributed by atoms with Gasteiger partial charge in [-0.3, -0.25) is 4.79 Å². The number of aliphatic hydroxyl groups excluding tert-OH is 2. The topological polar surface area (TPSA) is 116 Å². The van der Waals surface area contributed by atoms with E-state index >= 15 is 0 Å². The quantitative estimate of drug-likeness (QED) is 0.404. The van der Waals surface area contributed by atoms with E-state index in [4.69, 9.17) is 16.3 Å². The smallest absolute Gasteiger partial charge is 0.264 e. The molecule has 1 fully saturated rings. The number of aliphatic hydroxyl groups is 2. The number of carbonyl (C=O) groups is 1. The number of benzene rings is 2. The van der Waals surface area contributed by atoms with Gasteiger partial charge in [-0.25, -0.2) is 13.1 Å². The molecule has 1 spiro atoms. The maximum absolute atomic E-state index is 13.1. The first-order valence-electron chi connectivity index (χ1n) is 14.0. The third-order valence-corrected chi connectivity index (χ3v) is 10.6. The number of aryl methyl sites for hydroxylation is 1. The summed E-state index contributed by atoms with van der Waals surface area (Å²) in [5.41, 5.74) is 3.14. The van der Waals surface area contributed by atoms with Gasteiger partial charge < -0.3 is 19.8 Å². The Balaban J connectivity index is 1.41. The van der Waals surface area contributed by atoms with Gasteiger partial charge in [-0.2, -0.15) is 0 Å². The maximum Gasteiger partial charge on any atom is 0.264 e. The van der Waals surface area contributed by atoms with Gasteiger partial charge in [0, 0.05) is 29.1 Å². The van der Waals surface area contributed by atoms with Crippen LogP contribution in [0.1, 0.15) is 53.6 Å². The Labute approximate surface area is 240 Å². The van der Waals surface area contributed by atoms with Crippen molar-refractivity contribution in [2.75, 3.05) is 30.3 Å². The standard InChI is InChI=1S/C30H35ClN2O6S/c31-22-8-10-25-19(13-22)3-2-12-30(25)17-33-15-21-6-9-24(21)27(35)5-1-4-23(34)16-40(37,38)32-29(36)20-7-11-28(39-18-30)26(33)14-20/h1,4,7-8,10-11,13-14,21,23-24,27,34-35H,2-3,5-6,9,12,15-18H2,(H,32,36)/b4-1-/t21-,23+,24+,27-,30-/m0/s1. The van der Waals surface area contributed by atoms with Gasteiger partial charge in [0.1, 0.15) is 5.75 Å². The van der Waals surface area contributed by atoms with E-state index in [-0.39, 0.29) is 22.8 Å². The Morgan fingerprint density at radius 2 is 1.98 bits per heavy atom. The lowest BCUT2D eigenvalue weighted by Crippen LogP contribution is -2.49. The summed E-state index contributed by atoms with van der Waals surface area (Å²) in [6.45, 7) is 1.83. The number of hydrogen-bond acceptors (Lipinski definition) is 7. The zero-order valence-corrected chi connectivity index (χ0v) is 23.8. The molecule has 0 saturated heterocycles. The average Bonchev–Trinajstić information content (AvgIpc) is 3.02. The third kappa shape index (κ3) is 5.36. The Morgan fingerprint density at radius 3 is 2.77 bits per heavy atom. The van der Waals surface area contributed by atoms with Crippen LogP contribution in [-0.4, -0.2) is 62.2 Å². The highest BCUT2D eigenvalue weighted by Gasteiger charge is 2.44. The number of rotatable bonds is 0. The molecule has 40 heavy (non-hydrogen) atoms. The average molecular weight is 587 g/mol. The van der Waals surface area contributed by atoms with E-state index < -0.39 is 33.9 Å². The third-order valence-electron chi connectivity index (χ3n) is 9.10. The highest BCUT2D eigenvalue weighted by atomic mass is 35.5. The fourth-order valence-corrected chi connectivity index (χ4v) is 8.18. The lowest BCUT2D eigenvalue weighted by Gasteiger charge is -2.45. The number of carbonyl (C=O) groups excluding carboxylic acids is 1. The second kappa shape index (κ2) is 10.7. The Kier molecular flexibility index (Phi) is 7.36. The van der Waals surface area contributed by atoms with Gasteiger partial charge in [-0.15, -0.1) is 0 Å². The van der Waals surface area contributed by atoms with Crippen LogP contribution in [0.2, 0.25) is 5.02 Å². The molecule has 2 aliphatic heterocycles. The van der Waals surface area contributed by atoms with Crippen LogP contribution in [-0.2, 0) is 21.9 Å². The van der Waals surface area contributed by atoms with Crippen LogP contribution >= 0.6 is 11.6 Å². The Hall–Kier alpha value is -2.59. The minimum Gasteiger partial charge on any atom is -0.490 e. The molecule has 8 nitrogen and oxygen atoms in total. The zero-order chi connectivity index (χ0) is 28.1. The molecule has 2 aromatic carbocycles. The van der Waals surface area contributed by atoms with Gasteiger partial charge in [-0.05, 0) is 91.8 Å². The van der Waals surface area contributed by atoms with Gasteiger partial charge in [0.15, 0.2) is 0 Å². The number of amides is 1. The van der Waals surface area contributed by atoms with Crippen LogP contribution in [0, 0.1) is 11.8 Å². The molecule has 0 radical (unpaired) electrons. The Morgan fingerprint density at radius 1 is 1.12 bits per heavy atom. The van der Waals surface area contributed by atoms with Gasteiger partial charge in [-0.1, -0.05) is 29.8 Å². The van der Waals surface area contributed by atoms with E-state index in [1.807, 2.05) is 6.07 Å². The summed E-state index contributed by atoms with van der Waals surface area (Å²) < 4.78 is 33.8. The largest absolute Gasteiger partial charge is 0.490 e. The molecule has 1 saturated carbocycles. The molecule has 3 N–H and O–H groups in total. The molecule has 5 atom stereocenters. The second-order valence-corrected chi connectivity index (χ2v) is 14.0. The summed E-state index contributed by atoms with van der Waals surface area (Å²) in [5, 5.41) is 21.9. The molecule has 2 bridgehead atoms. The lowest BCUT2D eigenvalue weighted by molar-refractivity contribution is 0.0176. The van der Waals surface area contributed by atoms with E-state index in [1.165, 1.54) is 17.2 Å². The second-order valence-electron chi connectivity index (χ2n) is 11.8. The van der Waals surface area contributed by atoms with E-state index in [2.05, 4.69) is 21.8 Å². The van der Waals surface area contributed by atoms with Crippen LogP contribution in [0.5, 0.6) is 5.75 Å². The first kappa shape index (κ1) is 27.6. The molecule has 2 aliphatic carbocycles. The van der Waals surface area contributed by atoms with Crippen molar-refractivity contribution in [1.82, 2.24) is 4.72 Å². The van der Waals surface area contributed by atoms with Crippen LogP contribution < -0.4 is 14.4 Å². The van der Waals surface area contributed by atoms with Crippen molar-refractivity contribution in [2.45, 2.75) is 56.1 Å². The zero-order valence-electron chi connectivity index (χ0n) is 22.3. The molecule has 214 valence electrons. The van der Waals surface area contributed by atoms with E-state index in [9.17, 15) is 23.4 Å². The molecule has 6 rings (SSSR count). The van der Waals surface area contributed by atoms with Crippen molar-refractivity contribution in [3.63, 3.8) is 0 Å². The number of anilines is 1. The molecule has 4 aliphatic rings. The van der Waals surface area contributed by atoms with Gasteiger partial charge >= 0.3 is 0 Å². The van der Waals surface area contributed by atoms with Crippen LogP contribution in [0.4, 0.5) is 5.69 Å². The van der Waals surface area contributed by atoms with Gasteiger partial charge in [0.25, 0.3) is 5.91 Å². The number of nitrogens with zero attached hydrogens (tertiary/aromatic N) is 1. The van der Waals surface area contributed by atoms with Crippen LogP contribution in [0.15, 0.2) is 48.6 Å². The monoisotopic (exact) mass is 586 g/mol. The minimum atomic E-state index is -4.10. The van der Waals surface area contributed by atoms with Gasteiger partial charge in [0.2, 0.25) is 10.0 Å². The summed E-state index contributed by atoms with van der Waals surface area (Å²) in [7, 11) is -4.10. The van der Waals surface area contributed by atoms with E-state index in [1.54, 1.807) is 24.3 Å². The SMILES string of the molecule is O=C1NS(=O)(=O)C[C@H](O)/C=C\C[C@H](O)[C@@H]2CC[C@H]2CN2C[C@@]3(CCCc4cc(Cl)ccc43)COc3ccc1cc32. The normalized spacial score (nSPS) is 32.5. The number of sulfonamides is 1. The predicted molar refractivity (Wildman–Crippen MR) is 153 cm³/mol. The number of halogens is 1. The lowest BCUT2D eigenvalue weighted by atomic mass is 9.68. The predicted octanol–water partition coefficient (Wildman–Crippen LogP) is 3.58. The van der Waals surface area contributed by atoms with Crippen LogP contribution in [0.3, 0.4) is 0 Å².